The van der Waals surface area contributed by atoms with Crippen LogP contribution in [0.3, 0.4) is 0 Å². The molecule has 48 heavy (non-hydrogen) atoms. The molecule has 0 fully saturated rings. The molecule has 2 heteroatoms. The second-order valence-corrected chi connectivity index (χ2v) is 13.5. The zero-order valence-electron chi connectivity index (χ0n) is 26.0. The zero-order chi connectivity index (χ0) is 31.6. The van der Waals surface area contributed by atoms with Gasteiger partial charge in [-0.3, -0.25) is 0 Å². The van der Waals surface area contributed by atoms with Gasteiger partial charge in [-0.25, -0.2) is 0 Å². The second-order valence-electron chi connectivity index (χ2n) is 12.4. The predicted octanol–water partition coefficient (Wildman–Crippen LogP) is 13.5. The van der Waals surface area contributed by atoms with Crippen LogP contribution in [0.5, 0.6) is 0 Å². The fourth-order valence-corrected chi connectivity index (χ4v) is 8.65. The van der Waals surface area contributed by atoms with Gasteiger partial charge in [0.2, 0.25) is 0 Å². The summed E-state index contributed by atoms with van der Waals surface area (Å²) in [6, 6.07) is 61.3. The van der Waals surface area contributed by atoms with Crippen molar-refractivity contribution in [3.8, 4) is 55.6 Å². The molecule has 0 spiro atoms. The van der Waals surface area contributed by atoms with Crippen molar-refractivity contribution in [2.24, 2.45) is 0 Å². The molecule has 0 saturated carbocycles. The molecule has 1 aliphatic rings. The summed E-state index contributed by atoms with van der Waals surface area (Å²) >= 11 is 1.86. The molecule has 2 heterocycles. The van der Waals surface area contributed by atoms with E-state index in [1.54, 1.807) is 0 Å². The Balaban J connectivity index is 1.12. The molecule has 9 aromatic rings. The van der Waals surface area contributed by atoms with Gasteiger partial charge in [0, 0.05) is 31.5 Å². The van der Waals surface area contributed by atoms with Crippen molar-refractivity contribution in [1.29, 1.82) is 0 Å². The first-order chi connectivity index (χ1) is 23.8. The molecule has 0 radical (unpaired) electrons. The molecule has 10 rings (SSSR count). The van der Waals surface area contributed by atoms with Gasteiger partial charge in [0.15, 0.2) is 0 Å². The fourth-order valence-electron chi connectivity index (χ4n) is 7.49. The van der Waals surface area contributed by atoms with E-state index >= 15 is 0 Å². The molecule has 0 amide bonds. The number of rotatable bonds is 4. The first kappa shape index (κ1) is 27.3. The lowest BCUT2D eigenvalue weighted by Gasteiger charge is -2.22. The van der Waals surface area contributed by atoms with Crippen molar-refractivity contribution in [2.45, 2.75) is 9.79 Å². The number of hydrogen-bond donors (Lipinski definition) is 0. The van der Waals surface area contributed by atoms with E-state index in [-0.39, 0.29) is 0 Å². The van der Waals surface area contributed by atoms with Gasteiger partial charge in [0.25, 0.3) is 0 Å². The summed E-state index contributed by atoms with van der Waals surface area (Å²) in [5, 5.41) is 4.89. The van der Waals surface area contributed by atoms with Crippen LogP contribution in [0.4, 0.5) is 0 Å². The SMILES string of the molecule is c1ccc(-c2ccccc2-c2ccc3c(c2)oc2cc4c(cc23)Sc2cccc3c(-c5ccccc5-c5ccccc5)ccc-4c23)cc1. The topological polar surface area (TPSA) is 13.1 Å². The van der Waals surface area contributed by atoms with Gasteiger partial charge >= 0.3 is 0 Å². The van der Waals surface area contributed by atoms with Crippen molar-refractivity contribution in [3.05, 3.63) is 170 Å². The highest BCUT2D eigenvalue weighted by Gasteiger charge is 2.24. The van der Waals surface area contributed by atoms with Crippen molar-refractivity contribution in [2.75, 3.05) is 0 Å². The highest BCUT2D eigenvalue weighted by atomic mass is 32.2. The molecular weight excluding hydrogens is 601 g/mol. The maximum absolute atomic E-state index is 6.66. The minimum Gasteiger partial charge on any atom is -0.456 e. The smallest absolute Gasteiger partial charge is 0.136 e. The van der Waals surface area contributed by atoms with Crippen LogP contribution < -0.4 is 0 Å². The number of benzene rings is 8. The Morgan fingerprint density at radius 2 is 0.917 bits per heavy atom. The monoisotopic (exact) mass is 628 g/mol. The van der Waals surface area contributed by atoms with Crippen molar-refractivity contribution in [1.82, 2.24) is 0 Å². The van der Waals surface area contributed by atoms with Crippen LogP contribution in [-0.2, 0) is 0 Å². The normalized spacial score (nSPS) is 12.1. The lowest BCUT2D eigenvalue weighted by atomic mass is 9.88. The largest absolute Gasteiger partial charge is 0.456 e. The molecule has 224 valence electrons. The lowest BCUT2D eigenvalue weighted by Crippen LogP contribution is -1.95. The van der Waals surface area contributed by atoms with Gasteiger partial charge in [-0.15, -0.1) is 0 Å². The van der Waals surface area contributed by atoms with Gasteiger partial charge in [-0.05, 0) is 85.8 Å². The Kier molecular flexibility index (Phi) is 6.18. The van der Waals surface area contributed by atoms with E-state index in [0.717, 1.165) is 27.5 Å². The average Bonchev–Trinajstić information content (AvgIpc) is 3.51. The van der Waals surface area contributed by atoms with Crippen LogP contribution in [0.2, 0.25) is 0 Å². The highest BCUT2D eigenvalue weighted by molar-refractivity contribution is 7.99. The fraction of sp³-hybridized carbons (Fsp3) is 0. The van der Waals surface area contributed by atoms with Crippen LogP contribution in [0, 0.1) is 0 Å². The van der Waals surface area contributed by atoms with Gasteiger partial charge in [0.05, 0.1) is 0 Å². The molecule has 1 nitrogen and oxygen atoms in total. The van der Waals surface area contributed by atoms with Crippen molar-refractivity contribution >= 4 is 44.5 Å². The Bertz CT molecular complexity index is 2690. The summed E-state index contributed by atoms with van der Waals surface area (Å²) < 4.78 is 6.66. The molecule has 0 unspecified atom stereocenters. The standard InChI is InChI=1S/C46H28OS/c1-3-12-29(13-4-1)32-16-7-8-18-34(32)31-22-23-37-40-28-45-41(27-43(40)47-42(37)26-31)39-25-24-36(38-20-11-21-44(48-45)46(38)39)35-19-10-9-17-33(35)30-14-5-2-6-15-30/h1-28H. The number of fused-ring (bicyclic) bond motifs is 5. The zero-order valence-corrected chi connectivity index (χ0v) is 26.8. The van der Waals surface area contributed by atoms with Crippen molar-refractivity contribution in [3.63, 3.8) is 0 Å². The predicted molar refractivity (Wildman–Crippen MR) is 203 cm³/mol. The Morgan fingerprint density at radius 3 is 1.65 bits per heavy atom. The summed E-state index contributed by atoms with van der Waals surface area (Å²) in [5.41, 5.74) is 14.1. The molecule has 0 N–H and O–H groups in total. The summed E-state index contributed by atoms with van der Waals surface area (Å²) in [6.07, 6.45) is 0. The highest BCUT2D eigenvalue weighted by Crippen LogP contribution is 2.52. The minimum absolute atomic E-state index is 0.910. The molecule has 0 atom stereocenters. The molecule has 0 bridgehead atoms. The molecule has 0 aliphatic carbocycles. The Morgan fingerprint density at radius 1 is 0.312 bits per heavy atom. The Hall–Kier alpha value is -5.83. The van der Waals surface area contributed by atoms with Crippen LogP contribution in [0.1, 0.15) is 0 Å². The third-order valence-corrected chi connectivity index (χ3v) is 10.8. The molecule has 0 saturated heterocycles. The molecule has 1 aromatic heterocycles. The Labute approximate surface area is 283 Å². The van der Waals surface area contributed by atoms with E-state index in [1.807, 2.05) is 11.8 Å². The third-order valence-electron chi connectivity index (χ3n) is 9.71. The molecule has 1 aliphatic heterocycles. The van der Waals surface area contributed by atoms with Gasteiger partial charge in [-0.2, -0.15) is 0 Å². The van der Waals surface area contributed by atoms with Gasteiger partial charge in [-0.1, -0.05) is 151 Å². The molecular formula is C46H28OS. The van der Waals surface area contributed by atoms with Gasteiger partial charge in [0.1, 0.15) is 11.2 Å². The lowest BCUT2D eigenvalue weighted by molar-refractivity contribution is 0.669. The van der Waals surface area contributed by atoms with Gasteiger partial charge < -0.3 is 4.42 Å². The summed E-state index contributed by atoms with van der Waals surface area (Å²) in [5.74, 6) is 0. The van der Waals surface area contributed by atoms with E-state index in [2.05, 4.69) is 170 Å². The first-order valence-electron chi connectivity index (χ1n) is 16.3. The summed E-state index contributed by atoms with van der Waals surface area (Å²) in [7, 11) is 0. The second kappa shape index (κ2) is 10.9. The maximum atomic E-state index is 6.66. The third kappa shape index (κ3) is 4.27. The van der Waals surface area contributed by atoms with Crippen LogP contribution >= 0.6 is 11.8 Å². The van der Waals surface area contributed by atoms with E-state index in [4.69, 9.17) is 4.42 Å². The van der Waals surface area contributed by atoms with Crippen LogP contribution in [0.25, 0.3) is 88.3 Å². The van der Waals surface area contributed by atoms with E-state index in [9.17, 15) is 0 Å². The quantitative estimate of drug-likeness (QED) is 0.192. The molecule has 8 aromatic carbocycles. The first-order valence-corrected chi connectivity index (χ1v) is 17.2. The maximum Gasteiger partial charge on any atom is 0.136 e. The van der Waals surface area contributed by atoms with Crippen LogP contribution in [-0.4, -0.2) is 0 Å². The number of hydrogen-bond acceptors (Lipinski definition) is 2. The van der Waals surface area contributed by atoms with E-state index < -0.39 is 0 Å². The van der Waals surface area contributed by atoms with Crippen LogP contribution in [0.15, 0.2) is 184 Å². The number of furan rings is 1. The summed E-state index contributed by atoms with van der Waals surface area (Å²) in [6.45, 7) is 0. The average molecular weight is 629 g/mol. The summed E-state index contributed by atoms with van der Waals surface area (Å²) in [4.78, 5) is 2.56. The van der Waals surface area contributed by atoms with E-state index in [1.165, 1.54) is 70.6 Å². The minimum atomic E-state index is 0.910. The van der Waals surface area contributed by atoms with E-state index in [0.29, 0.717) is 0 Å². The van der Waals surface area contributed by atoms with Crippen molar-refractivity contribution < 1.29 is 4.42 Å².